The summed E-state index contributed by atoms with van der Waals surface area (Å²) in [7, 11) is 0. The molecule has 0 amide bonds. The molecule has 2 heteroatoms. The van der Waals surface area contributed by atoms with Crippen LogP contribution >= 0.6 is 0 Å². The fourth-order valence-corrected chi connectivity index (χ4v) is 2.73. The van der Waals surface area contributed by atoms with E-state index in [2.05, 4.69) is 6.08 Å². The van der Waals surface area contributed by atoms with Crippen LogP contribution in [-0.2, 0) is 9.53 Å². The largest absolute Gasteiger partial charge is 0.465 e. The van der Waals surface area contributed by atoms with Gasteiger partial charge in [-0.1, -0.05) is 11.6 Å². The van der Waals surface area contributed by atoms with Crippen molar-refractivity contribution in [3.63, 3.8) is 0 Å². The number of hydrogen-bond donors (Lipinski definition) is 0. The fourth-order valence-electron chi connectivity index (χ4n) is 2.73. The Hall–Kier alpha value is -0.790. The average molecular weight is 150 g/mol. The molecule has 3 aliphatic rings. The number of carbonyl (C=O) groups excluding carboxylic acids is 1. The van der Waals surface area contributed by atoms with Crippen molar-refractivity contribution in [2.24, 2.45) is 17.8 Å². The smallest absolute Gasteiger partial charge is 0.313 e. The van der Waals surface area contributed by atoms with Gasteiger partial charge in [0.15, 0.2) is 0 Å². The molecule has 1 saturated heterocycles. The molecule has 3 unspecified atom stereocenters. The SMILES string of the molecule is O=C1OCC2C3CC=C(C3)C12. The van der Waals surface area contributed by atoms with Crippen molar-refractivity contribution in [1.29, 1.82) is 0 Å². The molecular weight excluding hydrogens is 140 g/mol. The van der Waals surface area contributed by atoms with Gasteiger partial charge in [0.25, 0.3) is 0 Å². The summed E-state index contributed by atoms with van der Waals surface area (Å²) in [6.07, 6.45) is 4.59. The number of esters is 1. The van der Waals surface area contributed by atoms with Gasteiger partial charge in [-0.3, -0.25) is 4.79 Å². The molecule has 3 rings (SSSR count). The zero-order chi connectivity index (χ0) is 7.42. The van der Waals surface area contributed by atoms with Crippen molar-refractivity contribution in [3.8, 4) is 0 Å². The molecule has 2 fully saturated rings. The number of rotatable bonds is 0. The van der Waals surface area contributed by atoms with Gasteiger partial charge < -0.3 is 4.74 Å². The van der Waals surface area contributed by atoms with E-state index >= 15 is 0 Å². The standard InChI is InChI=1S/C9H10O2/c10-9-8-6-2-1-5(3-6)7(8)4-11-9/h2,5,7-8H,1,3-4H2. The Bertz CT molecular complexity index is 254. The molecule has 2 nitrogen and oxygen atoms in total. The minimum Gasteiger partial charge on any atom is -0.465 e. The molecule has 11 heavy (non-hydrogen) atoms. The van der Waals surface area contributed by atoms with E-state index in [0.717, 1.165) is 5.92 Å². The van der Waals surface area contributed by atoms with Crippen LogP contribution in [0.3, 0.4) is 0 Å². The third-order valence-electron chi connectivity index (χ3n) is 3.29. The monoisotopic (exact) mass is 150 g/mol. The Balaban J connectivity index is 2.06. The Morgan fingerprint density at radius 1 is 1.55 bits per heavy atom. The molecule has 0 radical (unpaired) electrons. The molecule has 2 aliphatic carbocycles. The van der Waals surface area contributed by atoms with E-state index in [4.69, 9.17) is 4.74 Å². The van der Waals surface area contributed by atoms with Crippen molar-refractivity contribution in [2.75, 3.05) is 6.61 Å². The predicted octanol–water partition coefficient (Wildman–Crippen LogP) is 1.13. The van der Waals surface area contributed by atoms with E-state index in [1.54, 1.807) is 0 Å². The maximum absolute atomic E-state index is 11.2. The molecule has 0 aromatic rings. The number of fused-ring (bicyclic) bond motifs is 5. The molecule has 0 aromatic heterocycles. The zero-order valence-electron chi connectivity index (χ0n) is 6.25. The summed E-state index contributed by atoms with van der Waals surface area (Å²) in [6.45, 7) is 0.686. The lowest BCUT2D eigenvalue weighted by molar-refractivity contribution is -0.140. The molecule has 1 heterocycles. The summed E-state index contributed by atoms with van der Waals surface area (Å²) < 4.78 is 5.02. The van der Waals surface area contributed by atoms with Gasteiger partial charge in [-0.25, -0.2) is 0 Å². The summed E-state index contributed by atoms with van der Waals surface area (Å²) in [5.41, 5.74) is 1.36. The van der Waals surface area contributed by atoms with Crippen LogP contribution in [0.2, 0.25) is 0 Å². The van der Waals surface area contributed by atoms with E-state index in [1.165, 1.54) is 18.4 Å². The summed E-state index contributed by atoms with van der Waals surface area (Å²) in [5.74, 6) is 1.49. The zero-order valence-corrected chi connectivity index (χ0v) is 6.25. The summed E-state index contributed by atoms with van der Waals surface area (Å²) in [6, 6.07) is 0. The van der Waals surface area contributed by atoms with Gasteiger partial charge >= 0.3 is 5.97 Å². The van der Waals surface area contributed by atoms with E-state index in [-0.39, 0.29) is 11.9 Å². The van der Waals surface area contributed by atoms with Gasteiger partial charge in [0.1, 0.15) is 0 Å². The van der Waals surface area contributed by atoms with E-state index < -0.39 is 0 Å². The minimum absolute atomic E-state index is 0.0310. The maximum atomic E-state index is 11.2. The molecule has 0 N–H and O–H groups in total. The first kappa shape index (κ1) is 5.81. The Kier molecular flexibility index (Phi) is 0.888. The lowest BCUT2D eigenvalue weighted by Crippen LogP contribution is -2.17. The average Bonchev–Trinajstić information content (AvgIpc) is 2.60. The van der Waals surface area contributed by atoms with Gasteiger partial charge in [-0.05, 0) is 18.8 Å². The van der Waals surface area contributed by atoms with Crippen molar-refractivity contribution < 1.29 is 9.53 Å². The van der Waals surface area contributed by atoms with Gasteiger partial charge in [-0.15, -0.1) is 0 Å². The third-order valence-corrected chi connectivity index (χ3v) is 3.29. The van der Waals surface area contributed by atoms with Gasteiger partial charge in [0, 0.05) is 5.92 Å². The minimum atomic E-state index is 0.0310. The van der Waals surface area contributed by atoms with Crippen LogP contribution < -0.4 is 0 Å². The number of cyclic esters (lactones) is 1. The normalized spacial score (nSPS) is 45.6. The van der Waals surface area contributed by atoms with Crippen molar-refractivity contribution in [2.45, 2.75) is 12.8 Å². The lowest BCUT2D eigenvalue weighted by Gasteiger charge is -2.14. The van der Waals surface area contributed by atoms with Crippen LogP contribution in [-0.4, -0.2) is 12.6 Å². The number of allylic oxidation sites excluding steroid dienone is 1. The summed E-state index contributed by atoms with van der Waals surface area (Å²) in [4.78, 5) is 11.2. The molecule has 0 aromatic carbocycles. The molecule has 58 valence electrons. The Labute approximate surface area is 65.2 Å². The Morgan fingerprint density at radius 2 is 2.45 bits per heavy atom. The second-order valence-corrected chi connectivity index (χ2v) is 3.75. The number of carbonyl (C=O) groups is 1. The molecular formula is C9H10O2. The van der Waals surface area contributed by atoms with E-state index in [0.29, 0.717) is 12.5 Å². The van der Waals surface area contributed by atoms with Crippen molar-refractivity contribution >= 4 is 5.97 Å². The first-order valence-electron chi connectivity index (χ1n) is 4.22. The highest BCUT2D eigenvalue weighted by Gasteiger charge is 2.51. The van der Waals surface area contributed by atoms with Crippen LogP contribution in [0.15, 0.2) is 11.6 Å². The number of ether oxygens (including phenoxy) is 1. The molecule has 3 atom stereocenters. The predicted molar refractivity (Wildman–Crippen MR) is 38.7 cm³/mol. The Morgan fingerprint density at radius 3 is 3.27 bits per heavy atom. The molecule has 1 aliphatic heterocycles. The topological polar surface area (TPSA) is 26.3 Å². The molecule has 1 saturated carbocycles. The second-order valence-electron chi connectivity index (χ2n) is 3.75. The summed E-state index contributed by atoms with van der Waals surface area (Å²) in [5, 5.41) is 0. The van der Waals surface area contributed by atoms with E-state index in [9.17, 15) is 4.79 Å². The van der Waals surface area contributed by atoms with Crippen LogP contribution in [0.4, 0.5) is 0 Å². The highest BCUT2D eigenvalue weighted by atomic mass is 16.5. The highest BCUT2D eigenvalue weighted by Crippen LogP contribution is 2.51. The lowest BCUT2D eigenvalue weighted by atomic mass is 9.86. The summed E-state index contributed by atoms with van der Waals surface area (Å²) >= 11 is 0. The first-order valence-corrected chi connectivity index (χ1v) is 4.22. The van der Waals surface area contributed by atoms with Crippen molar-refractivity contribution in [1.82, 2.24) is 0 Å². The van der Waals surface area contributed by atoms with Gasteiger partial charge in [0.2, 0.25) is 0 Å². The number of hydrogen-bond acceptors (Lipinski definition) is 2. The van der Waals surface area contributed by atoms with Crippen LogP contribution in [0.5, 0.6) is 0 Å². The fraction of sp³-hybridized carbons (Fsp3) is 0.667. The first-order chi connectivity index (χ1) is 5.36. The molecule has 2 bridgehead atoms. The third kappa shape index (κ3) is 0.561. The van der Waals surface area contributed by atoms with Gasteiger partial charge in [-0.2, -0.15) is 0 Å². The van der Waals surface area contributed by atoms with E-state index in [1.807, 2.05) is 0 Å². The second kappa shape index (κ2) is 1.68. The van der Waals surface area contributed by atoms with Crippen LogP contribution in [0.1, 0.15) is 12.8 Å². The van der Waals surface area contributed by atoms with Gasteiger partial charge in [0.05, 0.1) is 12.5 Å². The highest BCUT2D eigenvalue weighted by molar-refractivity contribution is 5.79. The van der Waals surface area contributed by atoms with Crippen LogP contribution in [0.25, 0.3) is 0 Å². The van der Waals surface area contributed by atoms with Crippen LogP contribution in [0, 0.1) is 17.8 Å². The quantitative estimate of drug-likeness (QED) is 0.382. The molecule has 0 spiro atoms. The maximum Gasteiger partial charge on any atom is 0.313 e. The van der Waals surface area contributed by atoms with Crippen molar-refractivity contribution in [3.05, 3.63) is 11.6 Å².